The van der Waals surface area contributed by atoms with Gasteiger partial charge < -0.3 is 25.6 Å². The van der Waals surface area contributed by atoms with E-state index in [9.17, 15) is 24.1 Å². The number of aromatic nitrogens is 3. The highest BCUT2D eigenvalue weighted by molar-refractivity contribution is 5.86. The van der Waals surface area contributed by atoms with E-state index >= 15 is 0 Å². The number of nitrogen functional groups attached to an aromatic ring is 1. The van der Waals surface area contributed by atoms with Gasteiger partial charge in [-0.15, -0.1) is 0 Å². The van der Waals surface area contributed by atoms with Gasteiger partial charge in [0.05, 0.1) is 23.6 Å². The number of anilines is 1. The van der Waals surface area contributed by atoms with Crippen LogP contribution in [0.25, 0.3) is 11.0 Å². The van der Waals surface area contributed by atoms with Crippen molar-refractivity contribution in [1.82, 2.24) is 14.5 Å². The minimum Gasteiger partial charge on any atom is -0.390 e. The van der Waals surface area contributed by atoms with E-state index in [0.717, 1.165) is 6.20 Å². The molecular formula is C18H18F2N4O3. The molecule has 0 bridgehead atoms. The molecule has 1 fully saturated rings. The van der Waals surface area contributed by atoms with E-state index in [0.29, 0.717) is 5.56 Å². The zero-order valence-corrected chi connectivity index (χ0v) is 14.1. The normalized spacial score (nSPS) is 26.6. The Morgan fingerprint density at radius 3 is 2.52 bits per heavy atom. The number of halogens is 2. The second kappa shape index (κ2) is 6.52. The van der Waals surface area contributed by atoms with Gasteiger partial charge in [0.15, 0.2) is 5.82 Å². The number of nitrogens with two attached hydrogens (primary N) is 1. The fourth-order valence-corrected chi connectivity index (χ4v) is 3.85. The van der Waals surface area contributed by atoms with Gasteiger partial charge in [-0.2, -0.15) is 0 Å². The highest BCUT2D eigenvalue weighted by Crippen LogP contribution is 2.43. The molecule has 0 aliphatic heterocycles. The Balaban J connectivity index is 1.68. The standard InChI is InChI=1S/C18H18F2N4O3/c19-9-3-1-8(2-4-9)14(25)10-5-12(16(27)15(10)26)24-6-11(20)13-17(21)22-7-23-18(13)24/h1-4,6-7,10,12,14-16,25-27H,5H2,(H2,21,22,23)/t10?,12?,14?,15-,16+/m1/s1. The first-order valence-electron chi connectivity index (χ1n) is 8.44. The maximum absolute atomic E-state index is 14.3. The summed E-state index contributed by atoms with van der Waals surface area (Å²) in [6, 6.07) is 4.54. The van der Waals surface area contributed by atoms with Gasteiger partial charge in [-0.3, -0.25) is 0 Å². The summed E-state index contributed by atoms with van der Waals surface area (Å²) in [5, 5.41) is 31.6. The van der Waals surface area contributed by atoms with Crippen LogP contribution in [0.1, 0.15) is 24.1 Å². The molecule has 2 heterocycles. The molecule has 0 spiro atoms. The monoisotopic (exact) mass is 376 g/mol. The van der Waals surface area contributed by atoms with Crippen LogP contribution in [0.2, 0.25) is 0 Å². The molecule has 0 amide bonds. The average Bonchev–Trinajstić information content (AvgIpc) is 3.13. The van der Waals surface area contributed by atoms with Crippen molar-refractivity contribution in [2.75, 3.05) is 5.73 Å². The molecule has 142 valence electrons. The van der Waals surface area contributed by atoms with Gasteiger partial charge in [-0.25, -0.2) is 18.7 Å². The van der Waals surface area contributed by atoms with Crippen LogP contribution in [-0.2, 0) is 0 Å². The Bertz CT molecular complexity index is 979. The van der Waals surface area contributed by atoms with Crippen LogP contribution in [-0.4, -0.2) is 42.1 Å². The number of rotatable bonds is 3. The molecule has 0 radical (unpaired) electrons. The minimum absolute atomic E-state index is 0.0211. The van der Waals surface area contributed by atoms with Gasteiger partial charge >= 0.3 is 0 Å². The van der Waals surface area contributed by atoms with E-state index in [-0.39, 0.29) is 23.3 Å². The van der Waals surface area contributed by atoms with Crippen LogP contribution in [0, 0.1) is 17.6 Å². The molecule has 4 rings (SSSR count). The van der Waals surface area contributed by atoms with Gasteiger partial charge in [0.1, 0.15) is 29.7 Å². The van der Waals surface area contributed by atoms with Gasteiger partial charge in [0, 0.05) is 12.1 Å². The lowest BCUT2D eigenvalue weighted by Gasteiger charge is -2.22. The fourth-order valence-electron chi connectivity index (χ4n) is 3.85. The number of aliphatic hydroxyl groups excluding tert-OH is 3. The molecular weight excluding hydrogens is 358 g/mol. The molecule has 9 heteroatoms. The Hall–Kier alpha value is -2.62. The first kappa shape index (κ1) is 17.8. The van der Waals surface area contributed by atoms with Crippen molar-refractivity contribution >= 4 is 16.9 Å². The fraction of sp³-hybridized carbons (Fsp3) is 0.333. The molecule has 1 aliphatic rings. The Morgan fingerprint density at radius 1 is 1.11 bits per heavy atom. The van der Waals surface area contributed by atoms with E-state index in [1.807, 2.05) is 0 Å². The zero-order valence-electron chi connectivity index (χ0n) is 14.1. The number of aliphatic hydroxyl groups is 3. The molecule has 5 N–H and O–H groups in total. The summed E-state index contributed by atoms with van der Waals surface area (Å²) in [5.74, 6) is -1.82. The summed E-state index contributed by atoms with van der Waals surface area (Å²) in [7, 11) is 0. The first-order valence-corrected chi connectivity index (χ1v) is 8.44. The third kappa shape index (κ3) is 2.84. The van der Waals surface area contributed by atoms with E-state index in [1.54, 1.807) is 0 Å². The lowest BCUT2D eigenvalue weighted by molar-refractivity contribution is -0.0265. The molecule has 1 aromatic carbocycles. The predicted octanol–water partition coefficient (Wildman–Crippen LogP) is 1.31. The minimum atomic E-state index is -1.25. The van der Waals surface area contributed by atoms with Gasteiger partial charge in [-0.1, -0.05) is 12.1 Å². The molecule has 2 aromatic heterocycles. The van der Waals surface area contributed by atoms with Crippen molar-refractivity contribution < 1.29 is 24.1 Å². The molecule has 3 aromatic rings. The summed E-state index contributed by atoms with van der Waals surface area (Å²) in [6.45, 7) is 0. The van der Waals surface area contributed by atoms with Gasteiger partial charge in [0.2, 0.25) is 0 Å². The van der Waals surface area contributed by atoms with Crippen molar-refractivity contribution in [2.24, 2.45) is 5.92 Å². The number of hydrogen-bond donors (Lipinski definition) is 4. The van der Waals surface area contributed by atoms with Crippen molar-refractivity contribution in [3.05, 3.63) is 54.0 Å². The number of nitrogens with zero attached hydrogens (tertiary/aromatic N) is 3. The Kier molecular flexibility index (Phi) is 4.29. The van der Waals surface area contributed by atoms with E-state index in [4.69, 9.17) is 5.73 Å². The summed E-state index contributed by atoms with van der Waals surface area (Å²) in [4.78, 5) is 7.80. The van der Waals surface area contributed by atoms with E-state index in [1.165, 1.54) is 35.2 Å². The molecule has 1 aliphatic carbocycles. The summed E-state index contributed by atoms with van der Waals surface area (Å²) in [5.41, 5.74) is 6.33. The highest BCUT2D eigenvalue weighted by Gasteiger charge is 2.46. The number of benzene rings is 1. The van der Waals surface area contributed by atoms with Crippen LogP contribution < -0.4 is 5.73 Å². The van der Waals surface area contributed by atoms with Crippen molar-refractivity contribution in [2.45, 2.75) is 30.8 Å². The van der Waals surface area contributed by atoms with E-state index in [2.05, 4.69) is 9.97 Å². The largest absolute Gasteiger partial charge is 0.390 e. The third-order valence-corrected chi connectivity index (χ3v) is 5.26. The van der Waals surface area contributed by atoms with E-state index < -0.39 is 41.9 Å². The van der Waals surface area contributed by atoms with Gasteiger partial charge in [0.25, 0.3) is 0 Å². The second-order valence-corrected chi connectivity index (χ2v) is 6.79. The first-order chi connectivity index (χ1) is 12.9. The van der Waals surface area contributed by atoms with Crippen LogP contribution in [0.5, 0.6) is 0 Å². The summed E-state index contributed by atoms with van der Waals surface area (Å²) >= 11 is 0. The SMILES string of the molecule is Nc1ncnc2c1c(F)cn2C1CC(C(O)c2ccc(F)cc2)[C@@H](O)[C@H]1O. The molecule has 7 nitrogen and oxygen atoms in total. The topological polar surface area (TPSA) is 117 Å². The van der Waals surface area contributed by atoms with Crippen LogP contribution >= 0.6 is 0 Å². The summed E-state index contributed by atoms with van der Waals surface area (Å²) in [6.07, 6.45) is -1.12. The highest BCUT2D eigenvalue weighted by atomic mass is 19.1. The van der Waals surface area contributed by atoms with Crippen LogP contribution in [0.15, 0.2) is 36.8 Å². The second-order valence-electron chi connectivity index (χ2n) is 6.79. The third-order valence-electron chi connectivity index (χ3n) is 5.26. The molecule has 0 saturated heterocycles. The van der Waals surface area contributed by atoms with Crippen LogP contribution in [0.4, 0.5) is 14.6 Å². The number of hydrogen-bond acceptors (Lipinski definition) is 6. The van der Waals surface area contributed by atoms with Gasteiger partial charge in [-0.05, 0) is 24.1 Å². The zero-order chi connectivity index (χ0) is 19.3. The lowest BCUT2D eigenvalue weighted by atomic mass is 9.92. The molecule has 1 saturated carbocycles. The van der Waals surface area contributed by atoms with Crippen molar-refractivity contribution in [1.29, 1.82) is 0 Å². The maximum atomic E-state index is 14.3. The molecule has 27 heavy (non-hydrogen) atoms. The van der Waals surface area contributed by atoms with Crippen molar-refractivity contribution in [3.63, 3.8) is 0 Å². The summed E-state index contributed by atoms with van der Waals surface area (Å²) < 4.78 is 28.8. The van der Waals surface area contributed by atoms with Crippen LogP contribution in [0.3, 0.4) is 0 Å². The Labute approximate surface area is 152 Å². The molecule has 5 atom stereocenters. The average molecular weight is 376 g/mol. The Morgan fingerprint density at radius 2 is 1.81 bits per heavy atom. The molecule has 3 unspecified atom stereocenters. The smallest absolute Gasteiger partial charge is 0.154 e. The maximum Gasteiger partial charge on any atom is 0.154 e. The quantitative estimate of drug-likeness (QED) is 0.548. The van der Waals surface area contributed by atoms with Crippen molar-refractivity contribution in [3.8, 4) is 0 Å². The predicted molar refractivity (Wildman–Crippen MR) is 92.4 cm³/mol. The lowest BCUT2D eigenvalue weighted by Crippen LogP contribution is -2.31. The number of fused-ring (bicyclic) bond motifs is 1.